The van der Waals surface area contributed by atoms with Crippen molar-refractivity contribution in [3.8, 4) is 0 Å². The van der Waals surface area contributed by atoms with Gasteiger partial charge in [0.05, 0.1) is 11.8 Å². The second kappa shape index (κ2) is 5.47. The zero-order chi connectivity index (χ0) is 14.9. The molecule has 20 heavy (non-hydrogen) atoms. The number of hydrogen-bond donors (Lipinski definition) is 1. The first-order chi connectivity index (χ1) is 9.27. The molecule has 0 saturated heterocycles. The summed E-state index contributed by atoms with van der Waals surface area (Å²) in [5, 5.41) is 2.78. The van der Waals surface area contributed by atoms with E-state index in [9.17, 15) is 13.2 Å². The molecule has 0 aliphatic rings. The average Bonchev–Trinajstić information content (AvgIpc) is 2.74. The molecule has 0 amide bonds. The van der Waals surface area contributed by atoms with Crippen LogP contribution in [0.15, 0.2) is 33.3 Å². The molecule has 3 nitrogen and oxygen atoms in total. The van der Waals surface area contributed by atoms with E-state index >= 15 is 0 Å². The van der Waals surface area contributed by atoms with Crippen molar-refractivity contribution in [1.82, 2.24) is 4.98 Å². The minimum Gasteiger partial charge on any atom is -0.444 e. The van der Waals surface area contributed by atoms with Crippen molar-refractivity contribution in [1.29, 1.82) is 0 Å². The van der Waals surface area contributed by atoms with Crippen LogP contribution in [0.3, 0.4) is 0 Å². The number of hydrogen-bond acceptors (Lipinski definition) is 3. The maximum absolute atomic E-state index is 12.9. The first-order valence-corrected chi connectivity index (χ1v) is 6.62. The van der Waals surface area contributed by atoms with E-state index < -0.39 is 17.8 Å². The normalized spacial score (nSPS) is 13.3. The summed E-state index contributed by atoms with van der Waals surface area (Å²) in [7, 11) is 0. The molecule has 1 unspecified atom stereocenters. The van der Waals surface area contributed by atoms with Gasteiger partial charge >= 0.3 is 6.18 Å². The summed E-state index contributed by atoms with van der Waals surface area (Å²) in [5.41, 5.74) is -0.744. The molecule has 1 atom stereocenters. The number of rotatable bonds is 3. The van der Waals surface area contributed by atoms with Gasteiger partial charge < -0.3 is 9.73 Å². The van der Waals surface area contributed by atoms with Crippen LogP contribution in [-0.4, -0.2) is 4.98 Å². The number of oxazole rings is 1. The van der Waals surface area contributed by atoms with Gasteiger partial charge in [0.1, 0.15) is 11.8 Å². The average molecular weight is 349 g/mol. The van der Waals surface area contributed by atoms with E-state index in [1.165, 1.54) is 18.3 Å². The Hall–Kier alpha value is -1.50. The highest BCUT2D eigenvalue weighted by molar-refractivity contribution is 9.10. The Morgan fingerprint density at radius 2 is 2.05 bits per heavy atom. The van der Waals surface area contributed by atoms with Gasteiger partial charge in [0, 0.05) is 10.2 Å². The third-order valence-electron chi connectivity index (χ3n) is 2.67. The number of nitrogens with one attached hydrogen (secondary N) is 1. The molecule has 0 aliphatic carbocycles. The summed E-state index contributed by atoms with van der Waals surface area (Å²) in [6.45, 7) is 3.41. The third-order valence-corrected chi connectivity index (χ3v) is 3.16. The number of aryl methyl sites for hydroxylation is 1. The quantitative estimate of drug-likeness (QED) is 0.853. The van der Waals surface area contributed by atoms with Crippen LogP contribution in [0.25, 0.3) is 0 Å². The van der Waals surface area contributed by atoms with Crippen LogP contribution in [-0.2, 0) is 6.18 Å². The van der Waals surface area contributed by atoms with Gasteiger partial charge in [0.25, 0.3) is 0 Å². The summed E-state index contributed by atoms with van der Waals surface area (Å²) < 4.78 is 44.7. The van der Waals surface area contributed by atoms with Crippen LogP contribution in [0, 0.1) is 6.92 Å². The number of aromatic nitrogens is 1. The standard InChI is InChI=1S/C13H12BrF3N2O/c1-7-6-18-12(20-7)8(2)19-11-5-9(14)3-4-10(11)13(15,16)17/h3-6,8,19H,1-2H3. The lowest BCUT2D eigenvalue weighted by molar-refractivity contribution is -0.137. The van der Waals surface area contributed by atoms with E-state index in [4.69, 9.17) is 4.42 Å². The van der Waals surface area contributed by atoms with Gasteiger partial charge in [-0.1, -0.05) is 15.9 Å². The molecule has 108 valence electrons. The summed E-state index contributed by atoms with van der Waals surface area (Å²) in [6.07, 6.45) is -2.89. The van der Waals surface area contributed by atoms with Crippen LogP contribution in [0.4, 0.5) is 18.9 Å². The van der Waals surface area contributed by atoms with Crippen LogP contribution >= 0.6 is 15.9 Å². The fraction of sp³-hybridized carbons (Fsp3) is 0.308. The zero-order valence-corrected chi connectivity index (χ0v) is 12.3. The Morgan fingerprint density at radius 1 is 1.35 bits per heavy atom. The molecular formula is C13H12BrF3N2O. The number of halogens is 4. The Balaban J connectivity index is 2.30. The van der Waals surface area contributed by atoms with Gasteiger partial charge in [-0.15, -0.1) is 0 Å². The molecule has 0 spiro atoms. The van der Waals surface area contributed by atoms with E-state index in [2.05, 4.69) is 26.2 Å². The Kier molecular flexibility index (Phi) is 4.08. The van der Waals surface area contributed by atoms with Crippen molar-refractivity contribution in [3.63, 3.8) is 0 Å². The van der Waals surface area contributed by atoms with Crippen molar-refractivity contribution >= 4 is 21.6 Å². The molecule has 1 N–H and O–H groups in total. The summed E-state index contributed by atoms with van der Waals surface area (Å²) in [5.74, 6) is 0.953. The Bertz CT molecular complexity index is 610. The molecule has 0 aliphatic heterocycles. The van der Waals surface area contributed by atoms with Gasteiger partial charge in [0.2, 0.25) is 5.89 Å². The van der Waals surface area contributed by atoms with E-state index in [1.54, 1.807) is 13.8 Å². The third kappa shape index (κ3) is 3.33. The van der Waals surface area contributed by atoms with Crippen molar-refractivity contribution in [2.75, 3.05) is 5.32 Å². The maximum atomic E-state index is 12.9. The lowest BCUT2D eigenvalue weighted by Crippen LogP contribution is -2.13. The molecule has 0 radical (unpaired) electrons. The van der Waals surface area contributed by atoms with Crippen LogP contribution in [0.5, 0.6) is 0 Å². The molecular weight excluding hydrogens is 337 g/mol. The number of anilines is 1. The molecule has 0 fully saturated rings. The van der Waals surface area contributed by atoms with Crippen molar-refractivity contribution < 1.29 is 17.6 Å². The first kappa shape index (κ1) is 14.9. The van der Waals surface area contributed by atoms with Crippen LogP contribution in [0.2, 0.25) is 0 Å². The molecule has 0 saturated carbocycles. The highest BCUT2D eigenvalue weighted by Gasteiger charge is 2.34. The van der Waals surface area contributed by atoms with Gasteiger partial charge in [-0.3, -0.25) is 0 Å². The van der Waals surface area contributed by atoms with Crippen LogP contribution in [0.1, 0.15) is 30.2 Å². The molecule has 0 bridgehead atoms. The van der Waals surface area contributed by atoms with E-state index in [0.717, 1.165) is 6.07 Å². The van der Waals surface area contributed by atoms with Gasteiger partial charge in [0.15, 0.2) is 0 Å². The summed E-state index contributed by atoms with van der Waals surface area (Å²) in [4.78, 5) is 4.00. The molecule has 1 aromatic carbocycles. The second-order valence-corrected chi connectivity index (χ2v) is 5.28. The van der Waals surface area contributed by atoms with Crippen LogP contribution < -0.4 is 5.32 Å². The predicted octanol–water partition coefficient (Wildman–Crippen LogP) is 4.94. The Labute approximate surface area is 122 Å². The molecule has 1 aromatic heterocycles. The highest BCUT2D eigenvalue weighted by Crippen LogP contribution is 2.37. The summed E-state index contributed by atoms with van der Waals surface area (Å²) in [6, 6.07) is 3.29. The SMILES string of the molecule is Cc1cnc(C(C)Nc2cc(Br)ccc2C(F)(F)F)o1. The van der Waals surface area contributed by atoms with E-state index in [1.807, 2.05) is 0 Å². The first-order valence-electron chi connectivity index (χ1n) is 5.83. The zero-order valence-electron chi connectivity index (χ0n) is 10.8. The highest BCUT2D eigenvalue weighted by atomic mass is 79.9. The fourth-order valence-electron chi connectivity index (χ4n) is 1.75. The molecule has 2 rings (SSSR count). The minimum atomic E-state index is -4.42. The van der Waals surface area contributed by atoms with Crippen molar-refractivity contribution in [2.45, 2.75) is 26.1 Å². The summed E-state index contributed by atoms with van der Waals surface area (Å²) >= 11 is 3.17. The number of alkyl halides is 3. The van der Waals surface area contributed by atoms with Gasteiger partial charge in [-0.25, -0.2) is 4.98 Å². The van der Waals surface area contributed by atoms with Gasteiger partial charge in [-0.2, -0.15) is 13.2 Å². The topological polar surface area (TPSA) is 38.1 Å². The smallest absolute Gasteiger partial charge is 0.418 e. The molecule has 7 heteroatoms. The van der Waals surface area contributed by atoms with Gasteiger partial charge in [-0.05, 0) is 32.0 Å². The van der Waals surface area contributed by atoms with E-state index in [-0.39, 0.29) is 5.69 Å². The number of benzene rings is 1. The number of nitrogens with zero attached hydrogens (tertiary/aromatic N) is 1. The lowest BCUT2D eigenvalue weighted by atomic mass is 10.1. The monoisotopic (exact) mass is 348 g/mol. The minimum absolute atomic E-state index is 0.0183. The lowest BCUT2D eigenvalue weighted by Gasteiger charge is -2.17. The molecule has 1 heterocycles. The van der Waals surface area contributed by atoms with Crippen molar-refractivity contribution in [3.05, 3.63) is 46.1 Å². The molecule has 2 aromatic rings. The fourth-order valence-corrected chi connectivity index (χ4v) is 2.11. The predicted molar refractivity (Wildman–Crippen MR) is 72.4 cm³/mol. The largest absolute Gasteiger partial charge is 0.444 e. The Morgan fingerprint density at radius 3 is 2.60 bits per heavy atom. The maximum Gasteiger partial charge on any atom is 0.418 e. The van der Waals surface area contributed by atoms with E-state index in [0.29, 0.717) is 16.1 Å². The van der Waals surface area contributed by atoms with Crippen molar-refractivity contribution in [2.24, 2.45) is 0 Å². The second-order valence-electron chi connectivity index (χ2n) is 4.36.